The van der Waals surface area contributed by atoms with Gasteiger partial charge in [-0.3, -0.25) is 0 Å². The number of benzene rings is 1. The fraction of sp³-hybridized carbons (Fsp3) is 0.333. The predicted octanol–water partition coefficient (Wildman–Crippen LogP) is 1.64. The number of hydrogen-bond donors (Lipinski definition) is 2. The lowest BCUT2D eigenvalue weighted by Crippen LogP contribution is -2.28. The van der Waals surface area contributed by atoms with Gasteiger partial charge < -0.3 is 5.73 Å². The number of anilines is 1. The quantitative estimate of drug-likeness (QED) is 0.653. The molecule has 0 spiro atoms. The Kier molecular flexibility index (Phi) is 4.17. The lowest BCUT2D eigenvalue weighted by molar-refractivity contribution is -0.132. The molecular formula is C9H10F4N2O2S. The van der Waals surface area contributed by atoms with E-state index in [2.05, 4.69) is 0 Å². The Balaban J connectivity index is 2.77. The van der Waals surface area contributed by atoms with Crippen molar-refractivity contribution >= 4 is 15.7 Å². The van der Waals surface area contributed by atoms with Crippen molar-refractivity contribution in [3.63, 3.8) is 0 Å². The summed E-state index contributed by atoms with van der Waals surface area (Å²) in [6.45, 7) is -0.808. The van der Waals surface area contributed by atoms with Crippen LogP contribution in [-0.4, -0.2) is 21.1 Å². The largest absolute Gasteiger partial charge is 0.396 e. The molecule has 0 heterocycles. The van der Waals surface area contributed by atoms with Crippen molar-refractivity contribution < 1.29 is 26.0 Å². The van der Waals surface area contributed by atoms with Gasteiger partial charge in [0.05, 0.1) is 17.0 Å². The van der Waals surface area contributed by atoms with Gasteiger partial charge >= 0.3 is 6.18 Å². The molecule has 4 nitrogen and oxygen atoms in total. The number of nitrogens with two attached hydrogens (primary N) is 1. The molecule has 0 aromatic heterocycles. The molecule has 0 amide bonds. The highest BCUT2D eigenvalue weighted by molar-refractivity contribution is 7.89. The molecule has 9 heteroatoms. The zero-order chi connectivity index (χ0) is 14.0. The lowest BCUT2D eigenvalue weighted by atomic mass is 10.3. The van der Waals surface area contributed by atoms with Gasteiger partial charge in [0, 0.05) is 6.54 Å². The van der Waals surface area contributed by atoms with Gasteiger partial charge in [-0.2, -0.15) is 13.2 Å². The molecule has 0 aliphatic heterocycles. The van der Waals surface area contributed by atoms with Crippen LogP contribution in [0.25, 0.3) is 0 Å². The average molecular weight is 286 g/mol. The van der Waals surface area contributed by atoms with Gasteiger partial charge in [0.25, 0.3) is 0 Å². The fourth-order valence-corrected chi connectivity index (χ4v) is 2.13. The van der Waals surface area contributed by atoms with Crippen LogP contribution in [-0.2, 0) is 10.0 Å². The Bertz CT molecular complexity index is 528. The summed E-state index contributed by atoms with van der Waals surface area (Å²) in [5, 5.41) is 0. The molecule has 1 aromatic rings. The van der Waals surface area contributed by atoms with E-state index in [1.165, 1.54) is 0 Å². The molecule has 0 atom stereocenters. The molecule has 1 aromatic carbocycles. The minimum absolute atomic E-state index is 0.246. The van der Waals surface area contributed by atoms with Crippen molar-refractivity contribution in [2.75, 3.05) is 12.3 Å². The zero-order valence-electron chi connectivity index (χ0n) is 8.96. The monoisotopic (exact) mass is 286 g/mol. The van der Waals surface area contributed by atoms with Crippen molar-refractivity contribution in [3.8, 4) is 0 Å². The van der Waals surface area contributed by atoms with E-state index in [-0.39, 0.29) is 5.69 Å². The number of sulfonamides is 1. The molecular weight excluding hydrogens is 276 g/mol. The second-order valence-electron chi connectivity index (χ2n) is 3.45. The minimum atomic E-state index is -4.46. The Morgan fingerprint density at radius 1 is 1.28 bits per heavy atom. The van der Waals surface area contributed by atoms with Crippen LogP contribution in [0.5, 0.6) is 0 Å². The van der Waals surface area contributed by atoms with Gasteiger partial charge in [0.15, 0.2) is 0 Å². The van der Waals surface area contributed by atoms with Crippen LogP contribution in [0.4, 0.5) is 23.2 Å². The molecule has 0 radical (unpaired) electrons. The summed E-state index contributed by atoms with van der Waals surface area (Å²) in [7, 11) is -4.17. The third-order valence-electron chi connectivity index (χ3n) is 1.98. The molecule has 0 saturated heterocycles. The van der Waals surface area contributed by atoms with Gasteiger partial charge in [0.2, 0.25) is 10.0 Å². The average Bonchev–Trinajstić information content (AvgIpc) is 2.19. The summed E-state index contributed by atoms with van der Waals surface area (Å²) in [5.41, 5.74) is 4.90. The number of rotatable bonds is 4. The summed E-state index contributed by atoms with van der Waals surface area (Å²) in [6.07, 6.45) is -5.77. The van der Waals surface area contributed by atoms with Crippen molar-refractivity contribution in [2.24, 2.45) is 0 Å². The molecule has 0 aliphatic carbocycles. The second kappa shape index (κ2) is 5.11. The van der Waals surface area contributed by atoms with Crippen LogP contribution in [0.1, 0.15) is 6.42 Å². The van der Waals surface area contributed by atoms with E-state index in [1.54, 1.807) is 4.72 Å². The van der Waals surface area contributed by atoms with E-state index in [0.29, 0.717) is 6.07 Å². The van der Waals surface area contributed by atoms with Crippen molar-refractivity contribution in [1.82, 2.24) is 4.72 Å². The highest BCUT2D eigenvalue weighted by Gasteiger charge is 2.27. The summed E-state index contributed by atoms with van der Waals surface area (Å²) >= 11 is 0. The third-order valence-corrected chi connectivity index (χ3v) is 3.44. The van der Waals surface area contributed by atoms with E-state index in [0.717, 1.165) is 12.1 Å². The maximum atomic E-state index is 13.0. The maximum Gasteiger partial charge on any atom is 0.390 e. The molecule has 0 bridgehead atoms. The van der Waals surface area contributed by atoms with Crippen LogP contribution in [0.2, 0.25) is 0 Å². The lowest BCUT2D eigenvalue weighted by Gasteiger charge is -2.09. The maximum absolute atomic E-state index is 13.0. The summed E-state index contributed by atoms with van der Waals surface area (Å²) in [4.78, 5) is -0.476. The van der Waals surface area contributed by atoms with Gasteiger partial charge in [-0.25, -0.2) is 17.5 Å². The smallest absolute Gasteiger partial charge is 0.390 e. The highest BCUT2D eigenvalue weighted by atomic mass is 32.2. The SMILES string of the molecule is Nc1ccc(S(=O)(=O)NCCC(F)(F)F)cc1F. The molecule has 102 valence electrons. The summed E-state index contributed by atoms with van der Waals surface area (Å²) in [5.74, 6) is -0.950. The molecule has 1 rings (SSSR count). The van der Waals surface area contributed by atoms with Crippen molar-refractivity contribution in [1.29, 1.82) is 0 Å². The van der Waals surface area contributed by atoms with E-state index < -0.39 is 39.9 Å². The summed E-state index contributed by atoms with van der Waals surface area (Å²) < 4.78 is 73.3. The summed E-state index contributed by atoms with van der Waals surface area (Å²) in [6, 6.07) is 2.67. The van der Waals surface area contributed by atoms with Crippen LogP contribution in [0.15, 0.2) is 23.1 Å². The van der Waals surface area contributed by atoms with Crippen LogP contribution in [0.3, 0.4) is 0 Å². The molecule has 18 heavy (non-hydrogen) atoms. The molecule has 0 fully saturated rings. The minimum Gasteiger partial charge on any atom is -0.396 e. The molecule has 0 aliphatic rings. The first kappa shape index (κ1) is 14.7. The topological polar surface area (TPSA) is 72.2 Å². The fourth-order valence-electron chi connectivity index (χ4n) is 1.09. The molecule has 0 saturated carbocycles. The van der Waals surface area contributed by atoms with Gasteiger partial charge in [-0.05, 0) is 18.2 Å². The van der Waals surface area contributed by atoms with Gasteiger partial charge in [0.1, 0.15) is 5.82 Å². The van der Waals surface area contributed by atoms with Crippen LogP contribution in [0, 0.1) is 5.82 Å². The Morgan fingerprint density at radius 2 is 1.89 bits per heavy atom. The highest BCUT2D eigenvalue weighted by Crippen LogP contribution is 2.19. The Labute approximate surface area is 101 Å². The standard InChI is InChI=1S/C9H10F4N2O2S/c10-7-5-6(1-2-8(7)14)18(16,17)15-4-3-9(11,12)13/h1-2,5,15H,3-4,14H2. The predicted molar refractivity (Wildman–Crippen MR) is 56.7 cm³/mol. The zero-order valence-corrected chi connectivity index (χ0v) is 9.78. The van der Waals surface area contributed by atoms with Crippen LogP contribution < -0.4 is 10.5 Å². The molecule has 0 unspecified atom stereocenters. The normalized spacial score (nSPS) is 12.7. The van der Waals surface area contributed by atoms with Crippen molar-refractivity contribution in [3.05, 3.63) is 24.0 Å². The first-order valence-corrected chi connectivity index (χ1v) is 6.21. The van der Waals surface area contributed by atoms with E-state index >= 15 is 0 Å². The second-order valence-corrected chi connectivity index (χ2v) is 5.21. The first-order chi connectivity index (χ1) is 8.12. The van der Waals surface area contributed by atoms with E-state index in [9.17, 15) is 26.0 Å². The van der Waals surface area contributed by atoms with Gasteiger partial charge in [-0.1, -0.05) is 0 Å². The van der Waals surface area contributed by atoms with E-state index in [4.69, 9.17) is 5.73 Å². The van der Waals surface area contributed by atoms with Crippen molar-refractivity contribution in [2.45, 2.75) is 17.5 Å². The first-order valence-electron chi connectivity index (χ1n) is 4.73. The number of alkyl halides is 3. The van der Waals surface area contributed by atoms with Gasteiger partial charge in [-0.15, -0.1) is 0 Å². The third kappa shape index (κ3) is 4.15. The Hall–Kier alpha value is -1.35. The molecule has 3 N–H and O–H groups in total. The number of hydrogen-bond acceptors (Lipinski definition) is 3. The number of halogens is 4. The van der Waals surface area contributed by atoms with Crippen LogP contribution >= 0.6 is 0 Å². The number of nitrogens with one attached hydrogen (secondary N) is 1. The van der Waals surface area contributed by atoms with E-state index in [1.807, 2.05) is 0 Å². The Morgan fingerprint density at radius 3 is 2.39 bits per heavy atom. The number of nitrogen functional groups attached to an aromatic ring is 1.